The van der Waals surface area contributed by atoms with Crippen LogP contribution in [0.1, 0.15) is 26.7 Å². The third kappa shape index (κ3) is 3.50. The van der Waals surface area contributed by atoms with Gasteiger partial charge < -0.3 is 10.6 Å². The summed E-state index contributed by atoms with van der Waals surface area (Å²) in [6, 6.07) is 0.0245. The summed E-state index contributed by atoms with van der Waals surface area (Å²) in [5.74, 6) is 0.838. The molecule has 2 N–H and O–H groups in total. The smallest absolute Gasteiger partial charge is 0.237 e. The van der Waals surface area contributed by atoms with Crippen LogP contribution in [0.2, 0.25) is 0 Å². The van der Waals surface area contributed by atoms with E-state index >= 15 is 0 Å². The molecule has 0 spiro atoms. The Balaban J connectivity index is 2.24. The molecule has 0 aromatic heterocycles. The van der Waals surface area contributed by atoms with E-state index in [9.17, 15) is 4.79 Å². The van der Waals surface area contributed by atoms with Gasteiger partial charge in [0.2, 0.25) is 5.91 Å². The predicted octanol–water partition coefficient (Wildman–Crippen LogP) is 1.07. The lowest BCUT2D eigenvalue weighted by Crippen LogP contribution is -2.48. The van der Waals surface area contributed by atoms with Crippen molar-refractivity contribution in [3.8, 4) is 0 Å². The van der Waals surface area contributed by atoms with Gasteiger partial charge in [-0.15, -0.1) is 0 Å². The minimum absolute atomic E-state index is 0.0245. The molecule has 0 aromatic carbocycles. The highest BCUT2D eigenvalue weighted by molar-refractivity contribution is 5.81. The van der Waals surface area contributed by atoms with E-state index in [1.165, 1.54) is 0 Å². The van der Waals surface area contributed by atoms with E-state index in [-0.39, 0.29) is 11.9 Å². The number of rotatable bonds is 3. The average molecular weight is 196 g/mol. The first-order chi connectivity index (χ1) is 6.74. The number of piperidine rings is 1. The van der Waals surface area contributed by atoms with Gasteiger partial charge in [0.25, 0.3) is 0 Å². The Hall–Kier alpha value is -0.830. The molecule has 1 aliphatic rings. The van der Waals surface area contributed by atoms with Crippen LogP contribution >= 0.6 is 0 Å². The molecule has 1 amide bonds. The fourth-order valence-corrected chi connectivity index (χ4v) is 1.62. The Morgan fingerprint density at radius 1 is 1.57 bits per heavy atom. The van der Waals surface area contributed by atoms with Crippen LogP contribution in [0.15, 0.2) is 12.2 Å². The molecule has 80 valence electrons. The summed E-state index contributed by atoms with van der Waals surface area (Å²) in [6.45, 7) is 5.76. The third-order valence-corrected chi connectivity index (χ3v) is 2.61. The average Bonchev–Trinajstić information content (AvgIpc) is 2.19. The Morgan fingerprint density at radius 3 is 2.93 bits per heavy atom. The number of allylic oxidation sites excluding steroid dienone is 1. The van der Waals surface area contributed by atoms with Crippen molar-refractivity contribution in [3.05, 3.63) is 12.2 Å². The molecule has 1 fully saturated rings. The summed E-state index contributed by atoms with van der Waals surface area (Å²) < 4.78 is 0. The summed E-state index contributed by atoms with van der Waals surface area (Å²) in [6.07, 6.45) is 6.00. The number of carbonyl (C=O) groups excluding carboxylic acids is 1. The molecular formula is C11H20N2O. The molecule has 1 rings (SSSR count). The van der Waals surface area contributed by atoms with Crippen molar-refractivity contribution in [1.29, 1.82) is 0 Å². The molecule has 0 bridgehead atoms. The molecule has 0 radical (unpaired) electrons. The van der Waals surface area contributed by atoms with Crippen molar-refractivity contribution < 1.29 is 4.79 Å². The first-order valence-corrected chi connectivity index (χ1v) is 5.36. The van der Waals surface area contributed by atoms with Crippen LogP contribution in [0, 0.1) is 5.92 Å². The van der Waals surface area contributed by atoms with E-state index in [0.29, 0.717) is 12.5 Å². The summed E-state index contributed by atoms with van der Waals surface area (Å²) in [4.78, 5) is 11.6. The monoisotopic (exact) mass is 196 g/mol. The van der Waals surface area contributed by atoms with Crippen LogP contribution in [0.5, 0.6) is 0 Å². The highest BCUT2D eigenvalue weighted by atomic mass is 16.2. The van der Waals surface area contributed by atoms with Crippen molar-refractivity contribution in [1.82, 2.24) is 10.6 Å². The summed E-state index contributed by atoms with van der Waals surface area (Å²) in [5, 5.41) is 6.14. The number of carbonyl (C=O) groups is 1. The predicted molar refractivity (Wildman–Crippen MR) is 58.0 cm³/mol. The standard InChI is InChI=1S/C11H20N2O/c1-3-4-7-12-11(14)10-6-5-9(2)8-13-10/h3-4,9-10,13H,5-8H2,1-2H3,(H,12,14)/b4-3+. The second-order valence-corrected chi connectivity index (χ2v) is 3.96. The molecule has 3 nitrogen and oxygen atoms in total. The molecule has 3 heteroatoms. The molecule has 0 aromatic rings. The molecular weight excluding hydrogens is 176 g/mol. The van der Waals surface area contributed by atoms with Crippen LogP contribution in [-0.2, 0) is 4.79 Å². The topological polar surface area (TPSA) is 41.1 Å². The van der Waals surface area contributed by atoms with Crippen LogP contribution in [0.4, 0.5) is 0 Å². The summed E-state index contributed by atoms with van der Waals surface area (Å²) >= 11 is 0. The second kappa shape index (κ2) is 5.81. The van der Waals surface area contributed by atoms with E-state index < -0.39 is 0 Å². The molecule has 0 saturated carbocycles. The summed E-state index contributed by atoms with van der Waals surface area (Å²) in [7, 11) is 0. The third-order valence-electron chi connectivity index (χ3n) is 2.61. The Kier molecular flexibility index (Phi) is 4.66. The van der Waals surface area contributed by atoms with Crippen LogP contribution in [0.3, 0.4) is 0 Å². The fourth-order valence-electron chi connectivity index (χ4n) is 1.62. The maximum absolute atomic E-state index is 11.6. The van der Waals surface area contributed by atoms with Gasteiger partial charge in [0.15, 0.2) is 0 Å². The Labute approximate surface area is 86.0 Å². The second-order valence-electron chi connectivity index (χ2n) is 3.96. The minimum Gasteiger partial charge on any atom is -0.351 e. The van der Waals surface area contributed by atoms with Gasteiger partial charge in [0.1, 0.15) is 0 Å². The lowest BCUT2D eigenvalue weighted by Gasteiger charge is -2.26. The van der Waals surface area contributed by atoms with Gasteiger partial charge in [-0.05, 0) is 32.2 Å². The minimum atomic E-state index is 0.0245. The maximum Gasteiger partial charge on any atom is 0.237 e. The van der Waals surface area contributed by atoms with E-state index in [2.05, 4.69) is 17.6 Å². The number of hydrogen-bond donors (Lipinski definition) is 2. The van der Waals surface area contributed by atoms with Gasteiger partial charge in [-0.3, -0.25) is 4.79 Å². The summed E-state index contributed by atoms with van der Waals surface area (Å²) in [5.41, 5.74) is 0. The van der Waals surface area contributed by atoms with Gasteiger partial charge in [0, 0.05) is 6.54 Å². The zero-order valence-corrected chi connectivity index (χ0v) is 9.05. The van der Waals surface area contributed by atoms with Crippen molar-refractivity contribution in [2.45, 2.75) is 32.7 Å². The SMILES string of the molecule is C/C=C/CNC(=O)C1CCC(C)CN1. The molecule has 1 heterocycles. The first-order valence-electron chi connectivity index (χ1n) is 5.36. The number of nitrogens with one attached hydrogen (secondary N) is 2. The zero-order valence-electron chi connectivity index (χ0n) is 9.05. The van der Waals surface area contributed by atoms with E-state index in [4.69, 9.17) is 0 Å². The van der Waals surface area contributed by atoms with Crippen LogP contribution < -0.4 is 10.6 Å². The van der Waals surface area contributed by atoms with Crippen molar-refractivity contribution in [2.75, 3.05) is 13.1 Å². The highest BCUT2D eigenvalue weighted by Crippen LogP contribution is 2.12. The van der Waals surface area contributed by atoms with E-state index in [1.807, 2.05) is 19.1 Å². The quantitative estimate of drug-likeness (QED) is 0.663. The normalized spacial score (nSPS) is 27.9. The van der Waals surface area contributed by atoms with Crippen molar-refractivity contribution in [3.63, 3.8) is 0 Å². The fraction of sp³-hybridized carbons (Fsp3) is 0.727. The number of hydrogen-bond acceptors (Lipinski definition) is 2. The maximum atomic E-state index is 11.6. The molecule has 1 aliphatic heterocycles. The lowest BCUT2D eigenvalue weighted by atomic mass is 9.96. The molecule has 2 atom stereocenters. The molecule has 2 unspecified atom stereocenters. The van der Waals surface area contributed by atoms with Gasteiger partial charge in [0.05, 0.1) is 6.04 Å². The highest BCUT2D eigenvalue weighted by Gasteiger charge is 2.22. The zero-order chi connectivity index (χ0) is 10.4. The van der Waals surface area contributed by atoms with Gasteiger partial charge in [-0.2, -0.15) is 0 Å². The first kappa shape index (κ1) is 11.2. The van der Waals surface area contributed by atoms with Crippen LogP contribution in [-0.4, -0.2) is 25.0 Å². The molecule has 0 aliphatic carbocycles. The molecule has 1 saturated heterocycles. The van der Waals surface area contributed by atoms with Crippen molar-refractivity contribution in [2.24, 2.45) is 5.92 Å². The van der Waals surface area contributed by atoms with E-state index in [1.54, 1.807) is 0 Å². The van der Waals surface area contributed by atoms with Gasteiger partial charge in [-0.25, -0.2) is 0 Å². The van der Waals surface area contributed by atoms with E-state index in [0.717, 1.165) is 19.4 Å². The van der Waals surface area contributed by atoms with Crippen LogP contribution in [0.25, 0.3) is 0 Å². The van der Waals surface area contributed by atoms with Gasteiger partial charge in [-0.1, -0.05) is 19.1 Å². The Morgan fingerprint density at radius 2 is 2.36 bits per heavy atom. The number of amides is 1. The lowest BCUT2D eigenvalue weighted by molar-refractivity contribution is -0.123. The van der Waals surface area contributed by atoms with Gasteiger partial charge >= 0.3 is 0 Å². The largest absolute Gasteiger partial charge is 0.351 e. The van der Waals surface area contributed by atoms with Crippen molar-refractivity contribution >= 4 is 5.91 Å². The Bertz CT molecular complexity index is 205. The molecule has 14 heavy (non-hydrogen) atoms.